The minimum absolute atomic E-state index is 0.110. The van der Waals surface area contributed by atoms with Gasteiger partial charge in [-0.15, -0.1) is 0 Å². The van der Waals surface area contributed by atoms with E-state index in [1.807, 2.05) is 18.2 Å². The highest BCUT2D eigenvalue weighted by molar-refractivity contribution is 6.30. The molecule has 3 heteroatoms. The van der Waals surface area contributed by atoms with Crippen LogP contribution in [0.15, 0.2) is 24.3 Å². The third-order valence-electron chi connectivity index (χ3n) is 2.07. The maximum atomic E-state index is 5.87. The van der Waals surface area contributed by atoms with E-state index >= 15 is 0 Å². The zero-order chi connectivity index (χ0) is 10.4. The molecule has 2 nitrogen and oxygen atoms in total. The summed E-state index contributed by atoms with van der Waals surface area (Å²) in [5.74, 6) is 0. The van der Waals surface area contributed by atoms with Gasteiger partial charge in [0.15, 0.2) is 0 Å². The number of rotatable bonds is 5. The van der Waals surface area contributed by atoms with E-state index in [2.05, 4.69) is 6.07 Å². The summed E-state index contributed by atoms with van der Waals surface area (Å²) in [5.41, 5.74) is 7.04. The molecule has 0 saturated heterocycles. The summed E-state index contributed by atoms with van der Waals surface area (Å²) in [5, 5.41) is 0.780. The van der Waals surface area contributed by atoms with E-state index in [1.165, 1.54) is 5.56 Å². The molecule has 1 aromatic rings. The van der Waals surface area contributed by atoms with E-state index in [0.29, 0.717) is 6.61 Å². The highest BCUT2D eigenvalue weighted by Crippen LogP contribution is 2.12. The summed E-state index contributed by atoms with van der Waals surface area (Å²) in [7, 11) is 1.67. The SMILES string of the molecule is COCC(N)CCc1cccc(Cl)c1. The largest absolute Gasteiger partial charge is 0.383 e. The van der Waals surface area contributed by atoms with Gasteiger partial charge in [0.25, 0.3) is 0 Å². The van der Waals surface area contributed by atoms with Gasteiger partial charge in [-0.3, -0.25) is 0 Å². The number of methoxy groups -OCH3 is 1. The van der Waals surface area contributed by atoms with Crippen LogP contribution >= 0.6 is 11.6 Å². The Hall–Kier alpha value is -0.570. The summed E-state index contributed by atoms with van der Waals surface area (Å²) in [6, 6.07) is 7.98. The average Bonchev–Trinajstić information content (AvgIpc) is 2.15. The van der Waals surface area contributed by atoms with Crippen LogP contribution in [0.2, 0.25) is 5.02 Å². The second-order valence-corrected chi connectivity index (χ2v) is 3.82. The number of hydrogen-bond acceptors (Lipinski definition) is 2. The van der Waals surface area contributed by atoms with E-state index in [9.17, 15) is 0 Å². The second-order valence-electron chi connectivity index (χ2n) is 3.38. The molecule has 1 rings (SSSR count). The minimum atomic E-state index is 0.110. The van der Waals surface area contributed by atoms with Crippen LogP contribution in [-0.2, 0) is 11.2 Å². The van der Waals surface area contributed by atoms with Crippen molar-refractivity contribution in [1.29, 1.82) is 0 Å². The fraction of sp³-hybridized carbons (Fsp3) is 0.455. The predicted octanol–water partition coefficient (Wildman–Crippen LogP) is 2.25. The molecule has 0 bridgehead atoms. The molecule has 0 saturated carbocycles. The summed E-state index contributed by atoms with van der Waals surface area (Å²) in [6.45, 7) is 0.612. The van der Waals surface area contributed by atoms with Crippen molar-refractivity contribution in [2.45, 2.75) is 18.9 Å². The van der Waals surface area contributed by atoms with Crippen molar-refractivity contribution < 1.29 is 4.74 Å². The van der Waals surface area contributed by atoms with Crippen molar-refractivity contribution in [3.63, 3.8) is 0 Å². The van der Waals surface area contributed by atoms with E-state index in [4.69, 9.17) is 22.1 Å². The van der Waals surface area contributed by atoms with Crippen molar-refractivity contribution in [3.05, 3.63) is 34.9 Å². The lowest BCUT2D eigenvalue weighted by atomic mass is 10.1. The van der Waals surface area contributed by atoms with Crippen molar-refractivity contribution in [2.75, 3.05) is 13.7 Å². The van der Waals surface area contributed by atoms with Crippen LogP contribution in [0.25, 0.3) is 0 Å². The van der Waals surface area contributed by atoms with Gasteiger partial charge in [0.1, 0.15) is 0 Å². The normalized spacial score (nSPS) is 12.8. The molecule has 0 heterocycles. The Bertz CT molecular complexity index is 278. The van der Waals surface area contributed by atoms with E-state index < -0.39 is 0 Å². The summed E-state index contributed by atoms with van der Waals surface area (Å²) in [6.07, 6.45) is 1.87. The third-order valence-corrected chi connectivity index (χ3v) is 2.31. The van der Waals surface area contributed by atoms with Gasteiger partial charge < -0.3 is 10.5 Å². The fourth-order valence-electron chi connectivity index (χ4n) is 1.34. The molecule has 0 aliphatic heterocycles. The van der Waals surface area contributed by atoms with E-state index in [1.54, 1.807) is 7.11 Å². The lowest BCUT2D eigenvalue weighted by Crippen LogP contribution is -2.26. The van der Waals surface area contributed by atoms with Gasteiger partial charge in [0.2, 0.25) is 0 Å². The van der Waals surface area contributed by atoms with Crippen molar-refractivity contribution >= 4 is 11.6 Å². The van der Waals surface area contributed by atoms with Crippen LogP contribution < -0.4 is 5.73 Å². The molecule has 1 unspecified atom stereocenters. The van der Waals surface area contributed by atoms with Crippen LogP contribution in [0.4, 0.5) is 0 Å². The topological polar surface area (TPSA) is 35.2 Å². The maximum Gasteiger partial charge on any atom is 0.0613 e. The summed E-state index contributed by atoms with van der Waals surface area (Å²) in [4.78, 5) is 0. The first-order valence-corrected chi connectivity index (χ1v) is 5.09. The van der Waals surface area contributed by atoms with Gasteiger partial charge >= 0.3 is 0 Å². The first-order valence-electron chi connectivity index (χ1n) is 4.71. The molecule has 0 aromatic heterocycles. The van der Waals surface area contributed by atoms with Crippen molar-refractivity contribution in [2.24, 2.45) is 5.73 Å². The van der Waals surface area contributed by atoms with E-state index in [-0.39, 0.29) is 6.04 Å². The molecule has 0 aliphatic carbocycles. The van der Waals surface area contributed by atoms with Crippen LogP contribution in [0, 0.1) is 0 Å². The predicted molar refractivity (Wildman–Crippen MR) is 59.6 cm³/mol. The van der Waals surface area contributed by atoms with Crippen molar-refractivity contribution in [3.8, 4) is 0 Å². The Kier molecular flexibility index (Phi) is 4.94. The standard InChI is InChI=1S/C11H16ClNO/c1-14-8-11(13)6-5-9-3-2-4-10(12)7-9/h2-4,7,11H,5-6,8,13H2,1H3. The van der Waals surface area contributed by atoms with Crippen LogP contribution in [0.5, 0.6) is 0 Å². The van der Waals surface area contributed by atoms with Gasteiger partial charge in [-0.1, -0.05) is 23.7 Å². The Morgan fingerprint density at radius 1 is 1.50 bits per heavy atom. The average molecular weight is 214 g/mol. The van der Waals surface area contributed by atoms with Gasteiger partial charge in [0, 0.05) is 18.2 Å². The van der Waals surface area contributed by atoms with Gasteiger partial charge in [-0.2, -0.15) is 0 Å². The van der Waals surface area contributed by atoms with Crippen molar-refractivity contribution in [1.82, 2.24) is 0 Å². The molecule has 2 N–H and O–H groups in total. The molecule has 0 amide bonds. The Labute approximate surface area is 90.0 Å². The zero-order valence-electron chi connectivity index (χ0n) is 8.37. The first-order chi connectivity index (χ1) is 6.72. The third kappa shape index (κ3) is 4.09. The number of ether oxygens (including phenoxy) is 1. The first kappa shape index (κ1) is 11.5. The number of benzene rings is 1. The molecule has 0 fully saturated rings. The zero-order valence-corrected chi connectivity index (χ0v) is 9.13. The molecular formula is C11H16ClNO. The molecule has 0 aliphatic rings. The molecule has 1 atom stereocenters. The van der Waals surface area contributed by atoms with Gasteiger partial charge in [0.05, 0.1) is 6.61 Å². The van der Waals surface area contributed by atoms with Gasteiger partial charge in [-0.05, 0) is 30.5 Å². The monoisotopic (exact) mass is 213 g/mol. The smallest absolute Gasteiger partial charge is 0.0613 e. The molecule has 14 heavy (non-hydrogen) atoms. The van der Waals surface area contributed by atoms with E-state index in [0.717, 1.165) is 17.9 Å². The maximum absolute atomic E-state index is 5.87. The quantitative estimate of drug-likeness (QED) is 0.815. The van der Waals surface area contributed by atoms with Crippen LogP contribution in [-0.4, -0.2) is 19.8 Å². The van der Waals surface area contributed by atoms with Crippen LogP contribution in [0.1, 0.15) is 12.0 Å². The highest BCUT2D eigenvalue weighted by Gasteiger charge is 2.02. The number of aryl methyl sites for hydroxylation is 1. The van der Waals surface area contributed by atoms with Gasteiger partial charge in [-0.25, -0.2) is 0 Å². The Balaban J connectivity index is 2.37. The second kappa shape index (κ2) is 6.02. The molecule has 1 aromatic carbocycles. The molecule has 78 valence electrons. The summed E-state index contributed by atoms with van der Waals surface area (Å²) < 4.78 is 4.96. The molecule has 0 spiro atoms. The molecular weight excluding hydrogens is 198 g/mol. The Morgan fingerprint density at radius 3 is 2.93 bits per heavy atom. The lowest BCUT2D eigenvalue weighted by molar-refractivity contribution is 0.177. The Morgan fingerprint density at radius 2 is 2.29 bits per heavy atom. The number of nitrogens with two attached hydrogens (primary N) is 1. The highest BCUT2D eigenvalue weighted by atomic mass is 35.5. The lowest BCUT2D eigenvalue weighted by Gasteiger charge is -2.09. The number of halogens is 1. The minimum Gasteiger partial charge on any atom is -0.383 e. The number of hydrogen-bond donors (Lipinski definition) is 1. The van der Waals surface area contributed by atoms with Crippen LogP contribution in [0.3, 0.4) is 0 Å². The fourth-order valence-corrected chi connectivity index (χ4v) is 1.55. The molecule has 0 radical (unpaired) electrons. The summed E-state index contributed by atoms with van der Waals surface area (Å²) >= 11 is 5.87.